The van der Waals surface area contributed by atoms with Crippen LogP contribution in [0.15, 0.2) is 53.4 Å². The lowest BCUT2D eigenvalue weighted by Crippen LogP contribution is -2.28. The van der Waals surface area contributed by atoms with Crippen molar-refractivity contribution in [2.45, 2.75) is 25.2 Å². The second-order valence-electron chi connectivity index (χ2n) is 6.40. The lowest BCUT2D eigenvalue weighted by Gasteiger charge is -2.15. The van der Waals surface area contributed by atoms with Crippen molar-refractivity contribution in [3.05, 3.63) is 54.1 Å². The molecular formula is C20H23N3O5S. The van der Waals surface area contributed by atoms with Crippen molar-refractivity contribution >= 4 is 39.0 Å². The standard InChI is InChI=1S/C20H23N3O5S/c1-14(24)16-4-10-19(11-5-16)29(27,28)21-13-12-20(26)22-17-6-8-18(9-7-17)23(3)15(2)25/h4-11,21H,12-13H2,1-3H3,(H,22,26). The fourth-order valence-electron chi connectivity index (χ4n) is 2.42. The normalized spacial score (nSPS) is 11.0. The van der Waals surface area contributed by atoms with Crippen LogP contribution in [-0.4, -0.2) is 39.6 Å². The molecule has 29 heavy (non-hydrogen) atoms. The highest BCUT2D eigenvalue weighted by atomic mass is 32.2. The highest BCUT2D eigenvalue weighted by Gasteiger charge is 2.15. The van der Waals surface area contributed by atoms with Crippen molar-refractivity contribution < 1.29 is 22.8 Å². The largest absolute Gasteiger partial charge is 0.326 e. The summed E-state index contributed by atoms with van der Waals surface area (Å²) in [5.41, 5.74) is 1.65. The van der Waals surface area contributed by atoms with E-state index in [9.17, 15) is 22.8 Å². The Balaban J connectivity index is 1.87. The first-order chi connectivity index (χ1) is 13.6. The molecule has 0 saturated heterocycles. The quantitative estimate of drug-likeness (QED) is 0.639. The van der Waals surface area contributed by atoms with Gasteiger partial charge in [0.15, 0.2) is 5.78 Å². The number of carbonyl (C=O) groups is 3. The predicted molar refractivity (Wildman–Crippen MR) is 110 cm³/mol. The van der Waals surface area contributed by atoms with E-state index >= 15 is 0 Å². The Hall–Kier alpha value is -3.04. The SMILES string of the molecule is CC(=O)c1ccc(S(=O)(=O)NCCC(=O)Nc2ccc(N(C)C(C)=O)cc2)cc1. The molecule has 0 radical (unpaired) electrons. The van der Waals surface area contributed by atoms with Crippen LogP contribution in [0, 0.1) is 0 Å². The van der Waals surface area contributed by atoms with Crippen LogP contribution in [0.1, 0.15) is 30.6 Å². The van der Waals surface area contributed by atoms with Gasteiger partial charge >= 0.3 is 0 Å². The summed E-state index contributed by atoms with van der Waals surface area (Å²) in [4.78, 5) is 36.1. The topological polar surface area (TPSA) is 113 Å². The Morgan fingerprint density at radius 2 is 1.52 bits per heavy atom. The summed E-state index contributed by atoms with van der Waals surface area (Å²) in [6.07, 6.45) is -0.0557. The van der Waals surface area contributed by atoms with Crippen molar-refractivity contribution in [3.63, 3.8) is 0 Å². The molecule has 0 bridgehead atoms. The van der Waals surface area contributed by atoms with Gasteiger partial charge in [0.25, 0.3) is 0 Å². The molecule has 2 aromatic rings. The zero-order valence-electron chi connectivity index (χ0n) is 16.4. The number of benzene rings is 2. The van der Waals surface area contributed by atoms with Gasteiger partial charge in [-0.05, 0) is 43.3 Å². The van der Waals surface area contributed by atoms with Crippen LogP contribution in [-0.2, 0) is 19.6 Å². The Kier molecular flexibility index (Phi) is 7.24. The summed E-state index contributed by atoms with van der Waals surface area (Å²) < 4.78 is 26.9. The fraction of sp³-hybridized carbons (Fsp3) is 0.250. The summed E-state index contributed by atoms with van der Waals surface area (Å²) in [5, 5.41) is 2.67. The molecule has 0 aliphatic rings. The van der Waals surface area contributed by atoms with Gasteiger partial charge in [0, 0.05) is 43.9 Å². The molecule has 0 saturated carbocycles. The van der Waals surface area contributed by atoms with E-state index in [-0.39, 0.29) is 35.5 Å². The molecule has 0 aromatic heterocycles. The molecule has 0 atom stereocenters. The third kappa shape index (κ3) is 6.23. The maximum Gasteiger partial charge on any atom is 0.240 e. The number of hydrogen-bond acceptors (Lipinski definition) is 5. The summed E-state index contributed by atoms with van der Waals surface area (Å²) >= 11 is 0. The van der Waals surface area contributed by atoms with Gasteiger partial charge < -0.3 is 10.2 Å². The molecule has 0 heterocycles. The number of Topliss-reactive ketones (excluding diaryl/α,β-unsaturated/α-hetero) is 1. The van der Waals surface area contributed by atoms with E-state index in [1.807, 2.05) is 0 Å². The zero-order valence-corrected chi connectivity index (χ0v) is 17.2. The van der Waals surface area contributed by atoms with Crippen LogP contribution in [0.5, 0.6) is 0 Å². The first-order valence-electron chi connectivity index (χ1n) is 8.85. The molecule has 0 spiro atoms. The maximum atomic E-state index is 12.2. The lowest BCUT2D eigenvalue weighted by molar-refractivity contribution is -0.117. The minimum Gasteiger partial charge on any atom is -0.326 e. The third-order valence-corrected chi connectivity index (χ3v) is 5.70. The van der Waals surface area contributed by atoms with Gasteiger partial charge in [0.2, 0.25) is 21.8 Å². The van der Waals surface area contributed by atoms with Crippen LogP contribution in [0.4, 0.5) is 11.4 Å². The number of nitrogens with zero attached hydrogens (tertiary/aromatic N) is 1. The molecule has 2 amide bonds. The zero-order chi connectivity index (χ0) is 21.6. The van der Waals surface area contributed by atoms with E-state index in [0.717, 1.165) is 0 Å². The van der Waals surface area contributed by atoms with Gasteiger partial charge in [-0.1, -0.05) is 12.1 Å². The van der Waals surface area contributed by atoms with E-state index in [4.69, 9.17) is 0 Å². The predicted octanol–water partition coefficient (Wildman–Crippen LogP) is 2.18. The second-order valence-corrected chi connectivity index (χ2v) is 8.17. The molecule has 2 aromatic carbocycles. The van der Waals surface area contributed by atoms with Gasteiger partial charge in [0.05, 0.1) is 4.90 Å². The molecular weight excluding hydrogens is 394 g/mol. The first-order valence-corrected chi connectivity index (χ1v) is 10.3. The Bertz CT molecular complexity index is 999. The molecule has 2 rings (SSSR count). The number of rotatable bonds is 8. The minimum atomic E-state index is -3.77. The van der Waals surface area contributed by atoms with E-state index < -0.39 is 10.0 Å². The molecule has 8 nitrogen and oxygen atoms in total. The highest BCUT2D eigenvalue weighted by molar-refractivity contribution is 7.89. The number of sulfonamides is 1. The fourth-order valence-corrected chi connectivity index (χ4v) is 3.46. The number of carbonyl (C=O) groups excluding carboxylic acids is 3. The monoisotopic (exact) mass is 417 g/mol. The Morgan fingerprint density at radius 1 is 0.931 bits per heavy atom. The first kappa shape index (κ1) is 22.3. The smallest absolute Gasteiger partial charge is 0.240 e. The van der Waals surface area contributed by atoms with Crippen molar-refractivity contribution in [1.82, 2.24) is 4.72 Å². The molecule has 9 heteroatoms. The number of anilines is 2. The van der Waals surface area contributed by atoms with Gasteiger partial charge in [-0.3, -0.25) is 14.4 Å². The average molecular weight is 417 g/mol. The number of amides is 2. The minimum absolute atomic E-state index is 0.0214. The van der Waals surface area contributed by atoms with Gasteiger partial charge in [0.1, 0.15) is 0 Å². The lowest BCUT2D eigenvalue weighted by atomic mass is 10.2. The summed E-state index contributed by atoms with van der Waals surface area (Å²) in [5.74, 6) is -0.614. The number of hydrogen-bond donors (Lipinski definition) is 2. The summed E-state index contributed by atoms with van der Waals surface area (Å²) in [6, 6.07) is 12.3. The van der Waals surface area contributed by atoms with Crippen molar-refractivity contribution in [3.8, 4) is 0 Å². The van der Waals surface area contributed by atoms with Gasteiger partial charge in [-0.25, -0.2) is 13.1 Å². The van der Waals surface area contributed by atoms with Gasteiger partial charge in [-0.2, -0.15) is 0 Å². The van der Waals surface area contributed by atoms with Crippen molar-refractivity contribution in [1.29, 1.82) is 0 Å². The van der Waals surface area contributed by atoms with Crippen LogP contribution in [0.3, 0.4) is 0 Å². The molecule has 0 aliphatic carbocycles. The van der Waals surface area contributed by atoms with E-state index in [1.165, 1.54) is 43.0 Å². The van der Waals surface area contributed by atoms with Crippen LogP contribution in [0.25, 0.3) is 0 Å². The second kappa shape index (κ2) is 9.44. The highest BCUT2D eigenvalue weighted by Crippen LogP contribution is 2.17. The van der Waals surface area contributed by atoms with E-state index in [1.54, 1.807) is 31.3 Å². The molecule has 154 valence electrons. The van der Waals surface area contributed by atoms with Crippen LogP contribution >= 0.6 is 0 Å². The average Bonchev–Trinajstić information content (AvgIpc) is 2.67. The molecule has 0 aliphatic heterocycles. The number of nitrogens with one attached hydrogen (secondary N) is 2. The molecule has 0 fully saturated rings. The van der Waals surface area contributed by atoms with Gasteiger partial charge in [-0.15, -0.1) is 0 Å². The number of ketones is 1. The van der Waals surface area contributed by atoms with Crippen LogP contribution in [0.2, 0.25) is 0 Å². The summed E-state index contributed by atoms with van der Waals surface area (Å²) in [6.45, 7) is 2.78. The van der Waals surface area contributed by atoms with Crippen LogP contribution < -0.4 is 14.9 Å². The Morgan fingerprint density at radius 3 is 2.03 bits per heavy atom. The molecule has 0 unspecified atom stereocenters. The van der Waals surface area contributed by atoms with E-state index in [0.29, 0.717) is 16.9 Å². The van der Waals surface area contributed by atoms with Crippen molar-refractivity contribution in [2.24, 2.45) is 0 Å². The van der Waals surface area contributed by atoms with E-state index in [2.05, 4.69) is 10.0 Å². The van der Waals surface area contributed by atoms with Crippen molar-refractivity contribution in [2.75, 3.05) is 23.8 Å². The molecule has 2 N–H and O–H groups in total. The Labute approximate surface area is 170 Å². The maximum absolute atomic E-state index is 12.2. The summed E-state index contributed by atoms with van der Waals surface area (Å²) in [7, 11) is -2.12. The third-order valence-electron chi connectivity index (χ3n) is 4.23.